The molecule has 0 aromatic carbocycles. The Balaban J connectivity index is 1.38. The van der Waals surface area contributed by atoms with Crippen molar-refractivity contribution in [1.82, 2.24) is 19.8 Å². The lowest BCUT2D eigenvalue weighted by atomic mass is 10.1. The number of nitrogens with one attached hydrogen (secondary N) is 1. The summed E-state index contributed by atoms with van der Waals surface area (Å²) in [5, 5.41) is 17.2. The molecule has 0 amide bonds. The number of aromatic nitrogens is 2. The normalized spacial score (nSPS) is 31.3. The topological polar surface area (TPSA) is 68.8 Å². The number of nitrogens with zero attached hydrogens (tertiary/aromatic N) is 5. The van der Waals surface area contributed by atoms with Gasteiger partial charge in [-0.25, -0.2) is 4.52 Å². The van der Waals surface area contributed by atoms with Gasteiger partial charge in [0.25, 0.3) is 0 Å². The first-order valence-corrected chi connectivity index (χ1v) is 9.96. The van der Waals surface area contributed by atoms with Gasteiger partial charge in [-0.05, 0) is 38.0 Å². The molecule has 2 unspecified atom stereocenters. The molecule has 7 heteroatoms. The second-order valence-electron chi connectivity index (χ2n) is 8.06. The first-order valence-electron chi connectivity index (χ1n) is 9.96. The van der Waals surface area contributed by atoms with Crippen molar-refractivity contribution in [3.8, 4) is 6.07 Å². The molecule has 2 aromatic heterocycles. The number of hydrogen-bond donors (Lipinski definition) is 1. The molecule has 7 nitrogen and oxygen atoms in total. The molecule has 2 aromatic rings. The molecule has 5 heterocycles. The lowest BCUT2D eigenvalue weighted by Gasteiger charge is -2.43. The van der Waals surface area contributed by atoms with E-state index in [9.17, 15) is 5.26 Å². The lowest BCUT2D eigenvalue weighted by molar-refractivity contribution is -0.0421. The number of piperazine rings is 1. The maximum Gasteiger partial charge on any atom is 0.142 e. The Morgan fingerprint density at radius 3 is 2.81 bits per heavy atom. The summed E-state index contributed by atoms with van der Waals surface area (Å²) in [5.74, 6) is 0. The average Bonchev–Trinajstić information content (AvgIpc) is 3.22. The average molecular weight is 366 g/mol. The molecule has 4 atom stereocenters. The Hall–Kier alpha value is -2.14. The molecule has 142 valence electrons. The van der Waals surface area contributed by atoms with Gasteiger partial charge in [0, 0.05) is 44.8 Å². The third-order valence-electron chi connectivity index (χ3n) is 6.26. The Kier molecular flexibility index (Phi) is 4.27. The van der Waals surface area contributed by atoms with Gasteiger partial charge in [-0.1, -0.05) is 0 Å². The fourth-order valence-corrected chi connectivity index (χ4v) is 5.10. The largest absolute Gasteiger partial charge is 0.370 e. The standard InChI is InChI=1S/C20H26N6O/c1-14-11-24(19-5-4-15(8-21)26-20(19)6-7-23-26)12-18(27-14)13-25-16-2-3-17(25)10-22-9-16/h4-7,14,16-18,22H,2-3,9-13H2,1H3/t14-,16?,17?,18-/m1/s1. The van der Waals surface area contributed by atoms with Gasteiger partial charge in [0.05, 0.1) is 29.6 Å². The number of fused-ring (bicyclic) bond motifs is 3. The van der Waals surface area contributed by atoms with E-state index in [0.717, 1.165) is 43.9 Å². The zero-order valence-electron chi connectivity index (χ0n) is 15.7. The van der Waals surface area contributed by atoms with Gasteiger partial charge in [-0.2, -0.15) is 10.4 Å². The summed E-state index contributed by atoms with van der Waals surface area (Å²) in [6, 6.07) is 9.45. The number of anilines is 1. The van der Waals surface area contributed by atoms with E-state index in [1.54, 1.807) is 10.7 Å². The molecule has 1 N–H and O–H groups in total. The SMILES string of the molecule is C[C@@H]1CN(c2ccc(C#N)n3nccc23)C[C@H](CN2C3CCC2CNC3)O1. The van der Waals surface area contributed by atoms with Crippen LogP contribution in [-0.2, 0) is 4.74 Å². The van der Waals surface area contributed by atoms with Crippen molar-refractivity contribution in [3.63, 3.8) is 0 Å². The van der Waals surface area contributed by atoms with Crippen LogP contribution in [0.5, 0.6) is 0 Å². The molecule has 3 fully saturated rings. The maximum atomic E-state index is 9.32. The van der Waals surface area contributed by atoms with Gasteiger partial charge in [0.2, 0.25) is 0 Å². The molecule has 0 radical (unpaired) electrons. The molecule has 2 bridgehead atoms. The van der Waals surface area contributed by atoms with Crippen molar-refractivity contribution in [2.24, 2.45) is 0 Å². The number of nitriles is 1. The predicted molar refractivity (Wildman–Crippen MR) is 103 cm³/mol. The number of hydrogen-bond acceptors (Lipinski definition) is 6. The fourth-order valence-electron chi connectivity index (χ4n) is 5.10. The van der Waals surface area contributed by atoms with Crippen molar-refractivity contribution in [3.05, 3.63) is 30.1 Å². The molecule has 0 spiro atoms. The fraction of sp³-hybridized carbons (Fsp3) is 0.600. The van der Waals surface area contributed by atoms with E-state index in [1.807, 2.05) is 12.1 Å². The van der Waals surface area contributed by atoms with Crippen molar-refractivity contribution in [2.75, 3.05) is 37.6 Å². The smallest absolute Gasteiger partial charge is 0.142 e. The Bertz CT molecular complexity index is 857. The summed E-state index contributed by atoms with van der Waals surface area (Å²) in [6.45, 7) is 7.10. The van der Waals surface area contributed by atoms with Crippen LogP contribution >= 0.6 is 0 Å². The molecular formula is C20H26N6O. The predicted octanol–water partition coefficient (Wildman–Crippen LogP) is 1.24. The monoisotopic (exact) mass is 366 g/mol. The highest BCUT2D eigenvalue weighted by Crippen LogP contribution is 2.30. The van der Waals surface area contributed by atoms with Crippen LogP contribution in [-0.4, -0.2) is 71.5 Å². The quantitative estimate of drug-likeness (QED) is 0.881. The number of rotatable bonds is 3. The number of ether oxygens (including phenoxy) is 1. The number of pyridine rings is 1. The maximum absolute atomic E-state index is 9.32. The van der Waals surface area contributed by atoms with Crippen LogP contribution in [0.4, 0.5) is 5.69 Å². The summed E-state index contributed by atoms with van der Waals surface area (Å²) in [6.07, 6.45) is 4.75. The van der Waals surface area contributed by atoms with Gasteiger partial charge in [-0.3, -0.25) is 4.90 Å². The Morgan fingerprint density at radius 2 is 2.04 bits per heavy atom. The summed E-state index contributed by atoms with van der Waals surface area (Å²) >= 11 is 0. The Morgan fingerprint density at radius 1 is 1.22 bits per heavy atom. The summed E-state index contributed by atoms with van der Waals surface area (Å²) < 4.78 is 8.06. The van der Waals surface area contributed by atoms with Crippen LogP contribution in [0.2, 0.25) is 0 Å². The van der Waals surface area contributed by atoms with Gasteiger partial charge >= 0.3 is 0 Å². The number of morpholine rings is 1. The van der Waals surface area contributed by atoms with Gasteiger partial charge < -0.3 is 15.0 Å². The highest BCUT2D eigenvalue weighted by atomic mass is 16.5. The highest BCUT2D eigenvalue weighted by molar-refractivity contribution is 5.74. The van der Waals surface area contributed by atoms with Crippen molar-refractivity contribution >= 4 is 11.2 Å². The molecule has 3 aliphatic heterocycles. The summed E-state index contributed by atoms with van der Waals surface area (Å²) in [5.41, 5.74) is 2.69. The van der Waals surface area contributed by atoms with Crippen LogP contribution in [0.1, 0.15) is 25.5 Å². The minimum Gasteiger partial charge on any atom is -0.370 e. The minimum absolute atomic E-state index is 0.183. The summed E-state index contributed by atoms with van der Waals surface area (Å²) in [4.78, 5) is 5.08. The highest BCUT2D eigenvalue weighted by Gasteiger charge is 2.39. The van der Waals surface area contributed by atoms with Crippen LogP contribution in [0.15, 0.2) is 24.4 Å². The van der Waals surface area contributed by atoms with Gasteiger partial charge in [0.15, 0.2) is 0 Å². The Labute approximate surface area is 159 Å². The second-order valence-corrected chi connectivity index (χ2v) is 8.06. The second kappa shape index (κ2) is 6.79. The van der Waals surface area contributed by atoms with Crippen LogP contribution in [0, 0.1) is 11.3 Å². The van der Waals surface area contributed by atoms with Crippen LogP contribution < -0.4 is 10.2 Å². The van der Waals surface area contributed by atoms with Gasteiger partial charge in [-0.15, -0.1) is 0 Å². The molecular weight excluding hydrogens is 340 g/mol. The lowest BCUT2D eigenvalue weighted by Crippen LogP contribution is -2.57. The molecule has 3 aliphatic rings. The van der Waals surface area contributed by atoms with Gasteiger partial charge in [0.1, 0.15) is 11.8 Å². The first kappa shape index (κ1) is 17.0. The van der Waals surface area contributed by atoms with E-state index in [1.165, 1.54) is 12.8 Å². The molecule has 0 saturated carbocycles. The summed E-state index contributed by atoms with van der Waals surface area (Å²) in [7, 11) is 0. The van der Waals surface area contributed by atoms with Crippen LogP contribution in [0.3, 0.4) is 0 Å². The van der Waals surface area contributed by atoms with Crippen molar-refractivity contribution in [1.29, 1.82) is 5.26 Å². The van der Waals surface area contributed by atoms with Crippen molar-refractivity contribution in [2.45, 2.75) is 44.1 Å². The first-order chi connectivity index (χ1) is 13.2. The molecule has 27 heavy (non-hydrogen) atoms. The zero-order valence-corrected chi connectivity index (χ0v) is 15.7. The van der Waals surface area contributed by atoms with E-state index in [4.69, 9.17) is 4.74 Å². The minimum atomic E-state index is 0.183. The van der Waals surface area contributed by atoms with E-state index in [0.29, 0.717) is 17.8 Å². The third-order valence-corrected chi connectivity index (χ3v) is 6.26. The molecule has 5 rings (SSSR count). The zero-order chi connectivity index (χ0) is 18.4. The van der Waals surface area contributed by atoms with E-state index >= 15 is 0 Å². The molecule has 3 saturated heterocycles. The third kappa shape index (κ3) is 2.98. The molecule has 0 aliphatic carbocycles. The van der Waals surface area contributed by atoms with E-state index in [-0.39, 0.29) is 12.2 Å². The van der Waals surface area contributed by atoms with Crippen LogP contribution in [0.25, 0.3) is 5.52 Å². The van der Waals surface area contributed by atoms with Crippen molar-refractivity contribution < 1.29 is 4.74 Å². The van der Waals surface area contributed by atoms with E-state index < -0.39 is 0 Å². The van der Waals surface area contributed by atoms with E-state index in [2.05, 4.69) is 39.3 Å².